The highest BCUT2D eigenvalue weighted by molar-refractivity contribution is 4.82. The van der Waals surface area contributed by atoms with E-state index in [2.05, 4.69) is 13.8 Å². The van der Waals surface area contributed by atoms with Crippen LogP contribution in [0.5, 0.6) is 0 Å². The maximum absolute atomic E-state index is 5.57. The molecule has 1 aliphatic rings. The predicted molar refractivity (Wildman–Crippen MR) is 44.7 cm³/mol. The van der Waals surface area contributed by atoms with Gasteiger partial charge in [0.2, 0.25) is 0 Å². The van der Waals surface area contributed by atoms with Crippen LogP contribution in [-0.4, -0.2) is 6.54 Å². The molecule has 1 fully saturated rings. The Morgan fingerprint density at radius 2 is 2.10 bits per heavy atom. The third-order valence-electron chi connectivity index (χ3n) is 3.03. The molecular weight excluding hydrogens is 122 g/mol. The van der Waals surface area contributed by atoms with Crippen LogP contribution in [0.2, 0.25) is 0 Å². The summed E-state index contributed by atoms with van der Waals surface area (Å²) in [5.41, 5.74) is 5.57. The van der Waals surface area contributed by atoms with Crippen LogP contribution in [0.25, 0.3) is 0 Å². The van der Waals surface area contributed by atoms with E-state index in [4.69, 9.17) is 5.73 Å². The summed E-state index contributed by atoms with van der Waals surface area (Å²) in [6, 6.07) is 0. The SMILES string of the molecule is CCC1CC([C@H](C)CN)C1. The fraction of sp³-hybridized carbons (Fsp3) is 1.00. The van der Waals surface area contributed by atoms with Gasteiger partial charge < -0.3 is 5.73 Å². The predicted octanol–water partition coefficient (Wildman–Crippen LogP) is 2.02. The summed E-state index contributed by atoms with van der Waals surface area (Å²) >= 11 is 0. The van der Waals surface area contributed by atoms with Gasteiger partial charge in [0.05, 0.1) is 0 Å². The maximum atomic E-state index is 5.57. The third kappa shape index (κ3) is 1.51. The molecule has 0 heterocycles. The van der Waals surface area contributed by atoms with Crippen molar-refractivity contribution >= 4 is 0 Å². The van der Waals surface area contributed by atoms with Crippen molar-refractivity contribution < 1.29 is 0 Å². The average Bonchev–Trinajstić information content (AvgIpc) is 1.85. The summed E-state index contributed by atoms with van der Waals surface area (Å²) in [7, 11) is 0. The van der Waals surface area contributed by atoms with Crippen LogP contribution in [0.1, 0.15) is 33.1 Å². The second-order valence-electron chi connectivity index (χ2n) is 3.72. The lowest BCUT2D eigenvalue weighted by atomic mass is 9.68. The van der Waals surface area contributed by atoms with Crippen LogP contribution in [0.3, 0.4) is 0 Å². The standard InChI is InChI=1S/C9H19N/c1-3-8-4-9(5-8)7(2)6-10/h7-9H,3-6,10H2,1-2H3/t7-,8?,9?/m1/s1. The monoisotopic (exact) mass is 141 g/mol. The summed E-state index contributed by atoms with van der Waals surface area (Å²) in [5, 5.41) is 0. The van der Waals surface area contributed by atoms with E-state index in [-0.39, 0.29) is 0 Å². The molecule has 0 aromatic heterocycles. The van der Waals surface area contributed by atoms with Gasteiger partial charge in [-0.15, -0.1) is 0 Å². The normalized spacial score (nSPS) is 35.1. The zero-order valence-electron chi connectivity index (χ0n) is 7.14. The Morgan fingerprint density at radius 1 is 1.50 bits per heavy atom. The highest BCUT2D eigenvalue weighted by atomic mass is 14.6. The Balaban J connectivity index is 2.13. The molecule has 0 aromatic rings. The molecule has 0 bridgehead atoms. The molecule has 0 unspecified atom stereocenters. The summed E-state index contributed by atoms with van der Waals surface area (Å²) in [5.74, 6) is 2.75. The first kappa shape index (κ1) is 8.06. The molecular formula is C9H19N. The minimum Gasteiger partial charge on any atom is -0.330 e. The zero-order valence-corrected chi connectivity index (χ0v) is 7.14. The third-order valence-corrected chi connectivity index (χ3v) is 3.03. The number of hydrogen-bond acceptors (Lipinski definition) is 1. The van der Waals surface area contributed by atoms with Gasteiger partial charge in [0.1, 0.15) is 0 Å². The largest absolute Gasteiger partial charge is 0.330 e. The number of hydrogen-bond donors (Lipinski definition) is 1. The van der Waals surface area contributed by atoms with Crippen LogP contribution >= 0.6 is 0 Å². The van der Waals surface area contributed by atoms with Gasteiger partial charge in [0.25, 0.3) is 0 Å². The van der Waals surface area contributed by atoms with E-state index in [0.717, 1.165) is 24.3 Å². The highest BCUT2D eigenvalue weighted by Gasteiger charge is 2.30. The first-order valence-corrected chi connectivity index (χ1v) is 4.48. The molecule has 1 saturated carbocycles. The molecule has 1 rings (SSSR count). The molecule has 1 heteroatoms. The lowest BCUT2D eigenvalue weighted by Crippen LogP contribution is -2.32. The maximum Gasteiger partial charge on any atom is -0.00489 e. The van der Waals surface area contributed by atoms with Crippen molar-refractivity contribution in [1.82, 2.24) is 0 Å². The molecule has 0 spiro atoms. The molecule has 10 heavy (non-hydrogen) atoms. The minimum absolute atomic E-state index is 0.766. The van der Waals surface area contributed by atoms with E-state index < -0.39 is 0 Å². The van der Waals surface area contributed by atoms with Gasteiger partial charge in [-0.3, -0.25) is 0 Å². The Hall–Kier alpha value is -0.0400. The summed E-state index contributed by atoms with van der Waals surface area (Å²) in [6.07, 6.45) is 4.25. The Kier molecular flexibility index (Phi) is 2.72. The fourth-order valence-corrected chi connectivity index (χ4v) is 1.78. The lowest BCUT2D eigenvalue weighted by Gasteiger charge is -2.38. The molecule has 0 aromatic carbocycles. The molecule has 60 valence electrons. The Morgan fingerprint density at radius 3 is 2.50 bits per heavy atom. The minimum atomic E-state index is 0.766. The quantitative estimate of drug-likeness (QED) is 0.639. The first-order chi connectivity index (χ1) is 4.77. The molecule has 1 aliphatic carbocycles. The second kappa shape index (κ2) is 3.38. The van der Waals surface area contributed by atoms with Crippen LogP contribution < -0.4 is 5.73 Å². The average molecular weight is 141 g/mol. The van der Waals surface area contributed by atoms with Crippen LogP contribution in [0, 0.1) is 17.8 Å². The van der Waals surface area contributed by atoms with E-state index in [0.29, 0.717) is 0 Å². The zero-order chi connectivity index (χ0) is 7.56. The molecule has 1 nitrogen and oxygen atoms in total. The Bertz CT molecular complexity index is 94.9. The van der Waals surface area contributed by atoms with Gasteiger partial charge in [0, 0.05) is 0 Å². The summed E-state index contributed by atoms with van der Waals surface area (Å²) in [6.45, 7) is 5.44. The van der Waals surface area contributed by atoms with Crippen molar-refractivity contribution in [2.75, 3.05) is 6.54 Å². The van der Waals surface area contributed by atoms with Gasteiger partial charge in [-0.25, -0.2) is 0 Å². The van der Waals surface area contributed by atoms with E-state index >= 15 is 0 Å². The van der Waals surface area contributed by atoms with Crippen LogP contribution in [-0.2, 0) is 0 Å². The van der Waals surface area contributed by atoms with Crippen LogP contribution in [0.4, 0.5) is 0 Å². The summed E-state index contributed by atoms with van der Waals surface area (Å²) in [4.78, 5) is 0. The highest BCUT2D eigenvalue weighted by Crippen LogP contribution is 2.39. The number of nitrogens with two attached hydrogens (primary N) is 1. The van der Waals surface area contributed by atoms with E-state index in [9.17, 15) is 0 Å². The van der Waals surface area contributed by atoms with Gasteiger partial charge in [-0.2, -0.15) is 0 Å². The molecule has 0 aliphatic heterocycles. The van der Waals surface area contributed by atoms with E-state index in [1.807, 2.05) is 0 Å². The van der Waals surface area contributed by atoms with Gasteiger partial charge in [-0.1, -0.05) is 20.3 Å². The van der Waals surface area contributed by atoms with Crippen molar-refractivity contribution in [3.63, 3.8) is 0 Å². The van der Waals surface area contributed by atoms with Crippen molar-refractivity contribution in [1.29, 1.82) is 0 Å². The molecule has 1 atom stereocenters. The molecule has 0 radical (unpaired) electrons. The lowest BCUT2D eigenvalue weighted by molar-refractivity contribution is 0.133. The fourth-order valence-electron chi connectivity index (χ4n) is 1.78. The molecule has 2 N–H and O–H groups in total. The van der Waals surface area contributed by atoms with Crippen LogP contribution in [0.15, 0.2) is 0 Å². The first-order valence-electron chi connectivity index (χ1n) is 4.48. The van der Waals surface area contributed by atoms with E-state index in [1.54, 1.807) is 0 Å². The summed E-state index contributed by atoms with van der Waals surface area (Å²) < 4.78 is 0. The second-order valence-corrected chi connectivity index (χ2v) is 3.72. The van der Waals surface area contributed by atoms with Crippen molar-refractivity contribution in [2.24, 2.45) is 23.5 Å². The topological polar surface area (TPSA) is 26.0 Å². The Labute approximate surface area is 64.0 Å². The number of rotatable bonds is 3. The molecule has 0 saturated heterocycles. The van der Waals surface area contributed by atoms with Crippen molar-refractivity contribution in [3.8, 4) is 0 Å². The smallest absolute Gasteiger partial charge is 0.00489 e. The van der Waals surface area contributed by atoms with Gasteiger partial charge in [0.15, 0.2) is 0 Å². The molecule has 0 amide bonds. The van der Waals surface area contributed by atoms with Crippen molar-refractivity contribution in [2.45, 2.75) is 33.1 Å². The van der Waals surface area contributed by atoms with Gasteiger partial charge in [-0.05, 0) is 37.1 Å². The van der Waals surface area contributed by atoms with Crippen molar-refractivity contribution in [3.05, 3.63) is 0 Å². The van der Waals surface area contributed by atoms with E-state index in [1.165, 1.54) is 19.3 Å². The van der Waals surface area contributed by atoms with Gasteiger partial charge >= 0.3 is 0 Å².